The normalized spacial score (nSPS) is 20.1. The van der Waals surface area contributed by atoms with Crippen LogP contribution in [-0.2, 0) is 6.54 Å². The molecule has 6 heteroatoms. The van der Waals surface area contributed by atoms with E-state index in [1.165, 1.54) is 12.1 Å². The van der Waals surface area contributed by atoms with E-state index < -0.39 is 11.7 Å². The van der Waals surface area contributed by atoms with Crippen LogP contribution in [0.15, 0.2) is 16.6 Å². The maximum absolute atomic E-state index is 13.4. The molecule has 0 bridgehead atoms. The van der Waals surface area contributed by atoms with Crippen molar-refractivity contribution in [1.29, 1.82) is 0 Å². The van der Waals surface area contributed by atoms with Crippen LogP contribution in [0.2, 0.25) is 5.02 Å². The molecule has 1 aromatic rings. The van der Waals surface area contributed by atoms with E-state index in [0.717, 1.165) is 0 Å². The highest BCUT2D eigenvalue weighted by molar-refractivity contribution is 9.10. The van der Waals surface area contributed by atoms with Gasteiger partial charge in [-0.25, -0.2) is 13.2 Å². The van der Waals surface area contributed by atoms with Gasteiger partial charge in [0.05, 0.1) is 11.0 Å². The number of piperidine rings is 1. The van der Waals surface area contributed by atoms with E-state index in [-0.39, 0.29) is 24.0 Å². The van der Waals surface area contributed by atoms with Gasteiger partial charge in [0.1, 0.15) is 5.82 Å². The van der Waals surface area contributed by atoms with E-state index in [2.05, 4.69) is 15.9 Å². The number of rotatable bonds is 2. The van der Waals surface area contributed by atoms with Crippen LogP contribution in [0.25, 0.3) is 0 Å². The first-order valence-corrected chi connectivity index (χ1v) is 6.78. The summed E-state index contributed by atoms with van der Waals surface area (Å²) in [6.45, 7) is 0.545. The Balaban J connectivity index is 2.12. The number of alkyl halides is 2. The first kappa shape index (κ1) is 14.2. The lowest BCUT2D eigenvalue weighted by molar-refractivity contribution is -0.0661. The van der Waals surface area contributed by atoms with Gasteiger partial charge in [-0.05, 0) is 46.6 Å². The van der Waals surface area contributed by atoms with Gasteiger partial charge in [-0.15, -0.1) is 0 Å². The minimum absolute atomic E-state index is 0.0774. The largest absolute Gasteiger partial charge is 0.293 e. The molecule has 0 unspecified atom stereocenters. The molecule has 0 aliphatic carbocycles. The Hall–Kier alpha value is -0.260. The Morgan fingerprint density at radius 1 is 1.39 bits per heavy atom. The molecule has 1 aromatic carbocycles. The van der Waals surface area contributed by atoms with E-state index in [1.54, 1.807) is 4.90 Å². The minimum atomic E-state index is -2.65. The summed E-state index contributed by atoms with van der Waals surface area (Å²) in [5.74, 6) is -3.09. The van der Waals surface area contributed by atoms with E-state index in [9.17, 15) is 13.2 Å². The smallest absolute Gasteiger partial charge is 0.260 e. The molecule has 0 atom stereocenters. The highest BCUT2D eigenvalue weighted by atomic mass is 79.9. The summed E-state index contributed by atoms with van der Waals surface area (Å²) in [5, 5.41) is 0.386. The van der Waals surface area contributed by atoms with E-state index in [4.69, 9.17) is 11.6 Å². The fourth-order valence-corrected chi connectivity index (χ4v) is 2.81. The Kier molecular flexibility index (Phi) is 4.24. The molecule has 0 amide bonds. The van der Waals surface area contributed by atoms with Crippen LogP contribution in [0.1, 0.15) is 18.4 Å². The van der Waals surface area contributed by atoms with Gasteiger partial charge < -0.3 is 0 Å². The van der Waals surface area contributed by atoms with Gasteiger partial charge in [-0.3, -0.25) is 4.90 Å². The number of hydrogen-bond donors (Lipinski definition) is 0. The van der Waals surface area contributed by atoms with Crippen molar-refractivity contribution in [3.8, 4) is 0 Å². The van der Waals surface area contributed by atoms with Crippen LogP contribution in [0.4, 0.5) is 13.2 Å². The Morgan fingerprint density at radius 3 is 2.78 bits per heavy atom. The lowest BCUT2D eigenvalue weighted by atomic mass is 10.1. The average Bonchev–Trinajstić information content (AvgIpc) is 2.24. The summed E-state index contributed by atoms with van der Waals surface area (Å²) >= 11 is 9.01. The molecule has 0 spiro atoms. The summed E-state index contributed by atoms with van der Waals surface area (Å²) in [7, 11) is 0. The molecule has 18 heavy (non-hydrogen) atoms. The molecule has 1 fully saturated rings. The first-order valence-electron chi connectivity index (χ1n) is 5.61. The molecule has 0 N–H and O–H groups in total. The predicted molar refractivity (Wildman–Crippen MR) is 68.6 cm³/mol. The van der Waals surface area contributed by atoms with Crippen LogP contribution in [-0.4, -0.2) is 23.9 Å². The average molecular weight is 343 g/mol. The topological polar surface area (TPSA) is 3.24 Å². The molecule has 1 saturated heterocycles. The van der Waals surface area contributed by atoms with Crippen molar-refractivity contribution in [2.45, 2.75) is 25.3 Å². The second-order valence-electron chi connectivity index (χ2n) is 4.53. The van der Waals surface area contributed by atoms with Gasteiger partial charge in [0.2, 0.25) is 0 Å². The lowest BCUT2D eigenvalue weighted by Gasteiger charge is -2.32. The molecular weight excluding hydrogens is 330 g/mol. The van der Waals surface area contributed by atoms with Gasteiger partial charge in [-0.2, -0.15) is 0 Å². The summed E-state index contributed by atoms with van der Waals surface area (Å²) in [6, 6.07) is 2.74. The summed E-state index contributed by atoms with van der Waals surface area (Å²) < 4.78 is 40.2. The highest BCUT2D eigenvalue weighted by Gasteiger charge is 2.35. The molecule has 1 nitrogen and oxygen atoms in total. The van der Waals surface area contributed by atoms with E-state index in [0.29, 0.717) is 23.6 Å². The predicted octanol–water partition coefficient (Wildman–Crippen LogP) is 4.47. The molecular formula is C12H12BrClF3N. The third-order valence-corrected chi connectivity index (χ3v) is 3.91. The number of benzene rings is 1. The van der Waals surface area contributed by atoms with Gasteiger partial charge in [0, 0.05) is 18.0 Å². The zero-order valence-electron chi connectivity index (χ0n) is 9.53. The van der Waals surface area contributed by atoms with E-state index in [1.807, 2.05) is 0 Å². The third kappa shape index (κ3) is 3.39. The molecule has 1 heterocycles. The van der Waals surface area contributed by atoms with Crippen LogP contribution < -0.4 is 0 Å². The molecule has 2 rings (SSSR count). The van der Waals surface area contributed by atoms with Crippen molar-refractivity contribution in [2.75, 3.05) is 13.1 Å². The third-order valence-electron chi connectivity index (χ3n) is 2.96. The van der Waals surface area contributed by atoms with Gasteiger partial charge in [-0.1, -0.05) is 11.6 Å². The second kappa shape index (κ2) is 5.39. The standard InChI is InChI=1S/C12H12BrClF3N/c13-9-5-10(14)8(4-11(9)15)6-18-3-1-2-12(16,17)7-18/h4-5H,1-3,6-7H2. The zero-order valence-corrected chi connectivity index (χ0v) is 11.9. The Bertz CT molecular complexity index is 453. The molecule has 1 aliphatic rings. The monoisotopic (exact) mass is 341 g/mol. The number of likely N-dealkylation sites (tertiary alicyclic amines) is 1. The maximum Gasteiger partial charge on any atom is 0.260 e. The van der Waals surface area contributed by atoms with Gasteiger partial charge in [0.25, 0.3) is 5.92 Å². The first-order chi connectivity index (χ1) is 8.37. The van der Waals surface area contributed by atoms with Crippen LogP contribution in [0.5, 0.6) is 0 Å². The fraction of sp³-hybridized carbons (Fsp3) is 0.500. The number of halogens is 5. The quantitative estimate of drug-likeness (QED) is 0.717. The number of hydrogen-bond acceptors (Lipinski definition) is 1. The lowest BCUT2D eigenvalue weighted by Crippen LogP contribution is -2.42. The maximum atomic E-state index is 13.4. The van der Waals surface area contributed by atoms with Crippen LogP contribution in [0.3, 0.4) is 0 Å². The van der Waals surface area contributed by atoms with Crippen molar-refractivity contribution in [1.82, 2.24) is 4.90 Å². The van der Waals surface area contributed by atoms with Crippen LogP contribution in [0, 0.1) is 5.82 Å². The molecule has 0 saturated carbocycles. The van der Waals surface area contributed by atoms with Gasteiger partial charge >= 0.3 is 0 Å². The second-order valence-corrected chi connectivity index (χ2v) is 5.79. The van der Waals surface area contributed by atoms with Crippen molar-refractivity contribution in [3.05, 3.63) is 33.0 Å². The molecule has 0 radical (unpaired) electrons. The fourth-order valence-electron chi connectivity index (χ4n) is 2.11. The van der Waals surface area contributed by atoms with Crippen LogP contribution >= 0.6 is 27.5 Å². The highest BCUT2D eigenvalue weighted by Crippen LogP contribution is 2.30. The van der Waals surface area contributed by atoms with Crippen molar-refractivity contribution < 1.29 is 13.2 Å². The zero-order chi connectivity index (χ0) is 13.3. The molecule has 1 aliphatic heterocycles. The Labute approximate surface area is 117 Å². The van der Waals surface area contributed by atoms with Crippen molar-refractivity contribution in [2.24, 2.45) is 0 Å². The summed E-state index contributed by atoms with van der Waals surface area (Å²) in [5.41, 5.74) is 0.537. The molecule has 100 valence electrons. The van der Waals surface area contributed by atoms with Crippen molar-refractivity contribution >= 4 is 27.5 Å². The van der Waals surface area contributed by atoms with Crippen molar-refractivity contribution in [3.63, 3.8) is 0 Å². The van der Waals surface area contributed by atoms with E-state index >= 15 is 0 Å². The van der Waals surface area contributed by atoms with Gasteiger partial charge in [0.15, 0.2) is 0 Å². The number of nitrogens with zero attached hydrogens (tertiary/aromatic N) is 1. The summed E-state index contributed by atoms with van der Waals surface area (Å²) in [6.07, 6.45) is 0.371. The SMILES string of the molecule is Fc1cc(CN2CCCC(F)(F)C2)c(Cl)cc1Br. The Morgan fingerprint density at radius 2 is 2.11 bits per heavy atom. The minimum Gasteiger partial charge on any atom is -0.293 e. The molecule has 0 aromatic heterocycles. The summed E-state index contributed by atoms with van der Waals surface area (Å²) in [4.78, 5) is 1.61.